The van der Waals surface area contributed by atoms with E-state index in [4.69, 9.17) is 4.74 Å². The van der Waals surface area contributed by atoms with Crippen molar-refractivity contribution in [2.24, 2.45) is 0 Å². The van der Waals surface area contributed by atoms with E-state index in [0.29, 0.717) is 32.3 Å². The summed E-state index contributed by atoms with van der Waals surface area (Å²) < 4.78 is 106. The summed E-state index contributed by atoms with van der Waals surface area (Å²) >= 11 is 1.06. The highest BCUT2D eigenvalue weighted by Gasteiger charge is 2.35. The first kappa shape index (κ1) is 30.2. The Bertz CT molecular complexity index is 1740. The first-order valence-electron chi connectivity index (χ1n) is 12.5. The lowest BCUT2D eigenvalue weighted by Crippen LogP contribution is -2.23. The standard InChI is InChI=1S/C29H20F7N3O3S/c1-15-23(43-26(37-15)19-8-12-21(13-9-19)29(34,35)36)22(16-2-4-18(5-3-16)25-38-27(40)42-39-25)41-14-28(32,33)20-10-6-17(7-11-20)24(30)31/h2-13,22,24H,14H2,1H3,(H,38,39,40). The first-order valence-corrected chi connectivity index (χ1v) is 13.3. The summed E-state index contributed by atoms with van der Waals surface area (Å²) in [4.78, 5) is 18.6. The zero-order valence-corrected chi connectivity index (χ0v) is 22.8. The molecule has 0 amide bonds. The molecule has 1 unspecified atom stereocenters. The molecule has 0 bridgehead atoms. The van der Waals surface area contributed by atoms with Crippen molar-refractivity contribution in [2.75, 3.05) is 6.61 Å². The molecule has 14 heteroatoms. The number of nitrogens with one attached hydrogen (secondary N) is 1. The van der Waals surface area contributed by atoms with Crippen molar-refractivity contribution < 1.29 is 40.0 Å². The molecule has 3 aromatic carbocycles. The number of ether oxygens (including phenoxy) is 1. The van der Waals surface area contributed by atoms with E-state index in [0.717, 1.165) is 47.7 Å². The number of rotatable bonds is 9. The van der Waals surface area contributed by atoms with E-state index in [2.05, 4.69) is 19.6 Å². The van der Waals surface area contributed by atoms with Gasteiger partial charge in [0, 0.05) is 22.3 Å². The second-order valence-corrected chi connectivity index (χ2v) is 10.5. The molecule has 0 aliphatic heterocycles. The van der Waals surface area contributed by atoms with E-state index in [1.165, 1.54) is 12.1 Å². The lowest BCUT2D eigenvalue weighted by molar-refractivity contribution is -0.137. The van der Waals surface area contributed by atoms with Gasteiger partial charge in [-0.05, 0) is 24.6 Å². The minimum Gasteiger partial charge on any atom is -0.361 e. The highest BCUT2D eigenvalue weighted by molar-refractivity contribution is 7.15. The number of aromatic nitrogens is 3. The number of halogens is 7. The fourth-order valence-corrected chi connectivity index (χ4v) is 5.36. The Balaban J connectivity index is 1.47. The molecule has 0 saturated carbocycles. The van der Waals surface area contributed by atoms with Crippen molar-refractivity contribution in [3.63, 3.8) is 0 Å². The van der Waals surface area contributed by atoms with Crippen LogP contribution in [0.5, 0.6) is 0 Å². The third-order valence-electron chi connectivity index (χ3n) is 6.47. The van der Waals surface area contributed by atoms with Crippen LogP contribution in [-0.4, -0.2) is 21.7 Å². The van der Waals surface area contributed by atoms with Crippen molar-refractivity contribution in [2.45, 2.75) is 31.6 Å². The third-order valence-corrected chi connectivity index (χ3v) is 7.72. The molecule has 0 aliphatic rings. The van der Waals surface area contributed by atoms with Gasteiger partial charge >= 0.3 is 11.9 Å². The van der Waals surface area contributed by atoms with Crippen LogP contribution >= 0.6 is 11.3 Å². The van der Waals surface area contributed by atoms with E-state index in [9.17, 15) is 26.7 Å². The quantitative estimate of drug-likeness (QED) is 0.167. The smallest absolute Gasteiger partial charge is 0.361 e. The monoisotopic (exact) mass is 623 g/mol. The summed E-state index contributed by atoms with van der Waals surface area (Å²) in [7, 11) is 0. The number of H-pyrrole nitrogens is 1. The van der Waals surface area contributed by atoms with Gasteiger partial charge in [0.1, 0.15) is 17.7 Å². The number of hydrogen-bond donors (Lipinski definition) is 1. The SMILES string of the molecule is Cc1nc(-c2ccc(C(F)(F)F)cc2)sc1C(OCC(F)(F)c1ccc(C(F)F)cc1)c1ccc(-c2noc(=O)[nH]2)cc1. The van der Waals surface area contributed by atoms with Gasteiger partial charge in [-0.25, -0.2) is 18.6 Å². The second kappa shape index (κ2) is 11.8. The highest BCUT2D eigenvalue weighted by Crippen LogP contribution is 2.40. The first-order chi connectivity index (χ1) is 20.3. The molecule has 0 fully saturated rings. The third kappa shape index (κ3) is 6.70. The number of benzene rings is 3. The molecular formula is C29H20F7N3O3S. The van der Waals surface area contributed by atoms with Crippen molar-refractivity contribution in [1.82, 2.24) is 15.1 Å². The van der Waals surface area contributed by atoms with E-state index >= 15 is 8.78 Å². The lowest BCUT2D eigenvalue weighted by atomic mass is 10.0. The van der Waals surface area contributed by atoms with Crippen LogP contribution in [0.2, 0.25) is 0 Å². The Kier molecular flexibility index (Phi) is 8.25. The van der Waals surface area contributed by atoms with Crippen LogP contribution < -0.4 is 5.76 Å². The molecule has 5 rings (SSSR count). The molecule has 2 heterocycles. The Morgan fingerprint density at radius 1 is 0.860 bits per heavy atom. The molecule has 0 radical (unpaired) electrons. The average molecular weight is 624 g/mol. The molecular weight excluding hydrogens is 603 g/mol. The van der Waals surface area contributed by atoms with E-state index in [-0.39, 0.29) is 5.82 Å². The van der Waals surface area contributed by atoms with Gasteiger partial charge in [-0.1, -0.05) is 65.8 Å². The van der Waals surface area contributed by atoms with Crippen LogP contribution in [0.15, 0.2) is 82.1 Å². The van der Waals surface area contributed by atoms with Gasteiger partial charge < -0.3 is 4.74 Å². The summed E-state index contributed by atoms with van der Waals surface area (Å²) in [6, 6.07) is 14.3. The summed E-state index contributed by atoms with van der Waals surface area (Å²) in [5, 5.41) is 3.96. The number of hydrogen-bond acceptors (Lipinski definition) is 6. The van der Waals surface area contributed by atoms with Crippen LogP contribution in [-0.2, 0) is 16.8 Å². The Morgan fingerprint density at radius 2 is 1.44 bits per heavy atom. The summed E-state index contributed by atoms with van der Waals surface area (Å²) in [6.07, 6.45) is -8.43. The van der Waals surface area contributed by atoms with Crippen molar-refractivity contribution >= 4 is 11.3 Å². The van der Waals surface area contributed by atoms with Crippen LogP contribution in [0.25, 0.3) is 22.0 Å². The Morgan fingerprint density at radius 3 is 2.00 bits per heavy atom. The average Bonchev–Trinajstić information content (AvgIpc) is 3.58. The largest absolute Gasteiger partial charge is 0.439 e. The van der Waals surface area contributed by atoms with Crippen molar-refractivity contribution in [3.8, 4) is 22.0 Å². The number of aryl methyl sites for hydroxylation is 1. The molecule has 224 valence electrons. The maximum atomic E-state index is 15.2. The fraction of sp³-hybridized carbons (Fsp3) is 0.207. The Labute approximate surface area is 242 Å². The van der Waals surface area contributed by atoms with Crippen LogP contribution in [0, 0.1) is 6.92 Å². The fourth-order valence-electron chi connectivity index (χ4n) is 4.21. The van der Waals surface area contributed by atoms with Gasteiger partial charge in [0.15, 0.2) is 5.82 Å². The number of thiazole rings is 1. The van der Waals surface area contributed by atoms with Crippen molar-refractivity contribution in [3.05, 3.63) is 116 Å². The summed E-state index contributed by atoms with van der Waals surface area (Å²) in [6.45, 7) is 0.489. The molecule has 6 nitrogen and oxygen atoms in total. The summed E-state index contributed by atoms with van der Waals surface area (Å²) in [5.41, 5.74) is -0.0764. The maximum absolute atomic E-state index is 15.2. The molecule has 2 aromatic heterocycles. The highest BCUT2D eigenvalue weighted by atomic mass is 32.1. The van der Waals surface area contributed by atoms with Gasteiger partial charge in [0.2, 0.25) is 0 Å². The zero-order chi connectivity index (χ0) is 30.9. The zero-order valence-electron chi connectivity index (χ0n) is 22.0. The molecule has 5 aromatic rings. The number of nitrogens with zero attached hydrogens (tertiary/aromatic N) is 2. The minimum absolute atomic E-state index is 0.145. The second-order valence-electron chi connectivity index (χ2n) is 9.43. The lowest BCUT2D eigenvalue weighted by Gasteiger charge is -2.23. The Hall–Kier alpha value is -4.30. The topological polar surface area (TPSA) is 81.0 Å². The van der Waals surface area contributed by atoms with Crippen molar-refractivity contribution in [1.29, 1.82) is 0 Å². The van der Waals surface area contributed by atoms with Gasteiger partial charge in [0.25, 0.3) is 12.3 Å². The van der Waals surface area contributed by atoms with Gasteiger partial charge in [-0.3, -0.25) is 9.51 Å². The predicted octanol–water partition coefficient (Wildman–Crippen LogP) is 8.32. The number of alkyl halides is 7. The molecule has 0 saturated heterocycles. The van der Waals surface area contributed by atoms with E-state index in [1.807, 2.05) is 0 Å². The summed E-state index contributed by atoms with van der Waals surface area (Å²) in [5.74, 6) is -4.18. The van der Waals surface area contributed by atoms with Crippen LogP contribution in [0.3, 0.4) is 0 Å². The molecule has 1 atom stereocenters. The van der Waals surface area contributed by atoms with Crippen LogP contribution in [0.1, 0.15) is 45.4 Å². The van der Waals surface area contributed by atoms with E-state index < -0.39 is 53.7 Å². The van der Waals surface area contributed by atoms with Gasteiger partial charge in [0.05, 0.1) is 16.1 Å². The normalized spacial score (nSPS) is 13.0. The molecule has 43 heavy (non-hydrogen) atoms. The molecule has 1 N–H and O–H groups in total. The number of aromatic amines is 1. The van der Waals surface area contributed by atoms with E-state index in [1.54, 1.807) is 31.2 Å². The van der Waals surface area contributed by atoms with Gasteiger partial charge in [-0.15, -0.1) is 11.3 Å². The van der Waals surface area contributed by atoms with Crippen LogP contribution in [0.4, 0.5) is 30.7 Å². The predicted molar refractivity (Wildman–Crippen MR) is 143 cm³/mol. The van der Waals surface area contributed by atoms with Gasteiger partial charge in [-0.2, -0.15) is 22.0 Å². The molecule has 0 aliphatic carbocycles. The maximum Gasteiger partial charge on any atom is 0.439 e. The minimum atomic E-state index is -4.52. The molecule has 0 spiro atoms.